The summed E-state index contributed by atoms with van der Waals surface area (Å²) in [7, 11) is 1.56. The molecule has 2 amide bonds. The van der Waals surface area contributed by atoms with Crippen LogP contribution in [0.25, 0.3) is 22.7 Å². The first-order valence-electron chi connectivity index (χ1n) is 13.1. The van der Waals surface area contributed by atoms with Crippen molar-refractivity contribution < 1.29 is 14.3 Å². The van der Waals surface area contributed by atoms with Gasteiger partial charge in [0.15, 0.2) is 5.65 Å². The molecular weight excluding hydrogens is 524 g/mol. The Morgan fingerprint density at radius 3 is 2.63 bits per heavy atom. The monoisotopic (exact) mass is 552 g/mol. The van der Waals surface area contributed by atoms with E-state index in [0.29, 0.717) is 34.0 Å². The van der Waals surface area contributed by atoms with Crippen molar-refractivity contribution in [1.82, 2.24) is 29.5 Å². The zero-order chi connectivity index (χ0) is 28.8. The minimum atomic E-state index is -0.585. The Morgan fingerprint density at radius 1 is 1.02 bits per heavy atom. The van der Waals surface area contributed by atoms with E-state index in [-0.39, 0.29) is 36.3 Å². The molecule has 12 nitrogen and oxygen atoms in total. The number of aromatic amines is 1. The summed E-state index contributed by atoms with van der Waals surface area (Å²) in [6, 6.07) is 14.7. The van der Waals surface area contributed by atoms with Gasteiger partial charge in [0, 0.05) is 30.8 Å². The highest BCUT2D eigenvalue weighted by Crippen LogP contribution is 2.29. The maximum atomic E-state index is 13.3. The number of amides is 2. The Balaban J connectivity index is 1.30. The molecule has 0 bridgehead atoms. The van der Waals surface area contributed by atoms with E-state index in [9.17, 15) is 14.4 Å². The normalized spacial score (nSPS) is 15.1. The number of aromatic nitrogens is 6. The van der Waals surface area contributed by atoms with Crippen molar-refractivity contribution >= 4 is 34.4 Å². The van der Waals surface area contributed by atoms with Crippen LogP contribution in [0, 0.1) is 26.7 Å². The van der Waals surface area contributed by atoms with Crippen LogP contribution in [0.4, 0.5) is 11.5 Å². The highest BCUT2D eigenvalue weighted by molar-refractivity contribution is 6.03. The fraction of sp³-hybridized carbons (Fsp3) is 0.241. The van der Waals surface area contributed by atoms with Crippen LogP contribution in [0.1, 0.15) is 23.2 Å². The number of carbonyl (C=O) groups is 2. The van der Waals surface area contributed by atoms with Gasteiger partial charge < -0.3 is 15.0 Å². The lowest BCUT2D eigenvalue weighted by molar-refractivity contribution is -0.122. The molecule has 0 spiro atoms. The Labute approximate surface area is 234 Å². The molecule has 1 fully saturated rings. The van der Waals surface area contributed by atoms with Gasteiger partial charge in [-0.1, -0.05) is 12.1 Å². The molecule has 1 atom stereocenters. The highest BCUT2D eigenvalue weighted by Gasteiger charge is 2.36. The van der Waals surface area contributed by atoms with Crippen molar-refractivity contribution in [3.05, 3.63) is 81.9 Å². The topological polar surface area (TPSA) is 140 Å². The maximum absolute atomic E-state index is 13.3. The van der Waals surface area contributed by atoms with Crippen LogP contribution >= 0.6 is 0 Å². The summed E-state index contributed by atoms with van der Waals surface area (Å²) < 4.78 is 8.25. The molecule has 0 radical (unpaired) electrons. The number of anilines is 2. The minimum Gasteiger partial charge on any atom is -0.497 e. The molecule has 4 heterocycles. The number of aryl methyl sites for hydroxylation is 3. The summed E-state index contributed by atoms with van der Waals surface area (Å²) in [5.41, 5.74) is 4.23. The van der Waals surface area contributed by atoms with Gasteiger partial charge in [-0.05, 0) is 56.2 Å². The molecule has 6 rings (SSSR count). The quantitative estimate of drug-likeness (QED) is 0.330. The number of carbonyl (C=O) groups excluding carboxylic acids is 2. The fourth-order valence-corrected chi connectivity index (χ4v) is 4.94. The van der Waals surface area contributed by atoms with Crippen molar-refractivity contribution in [2.75, 3.05) is 23.9 Å². The Kier molecular flexibility index (Phi) is 6.37. The highest BCUT2D eigenvalue weighted by atomic mass is 16.5. The van der Waals surface area contributed by atoms with Crippen LogP contribution < -0.4 is 20.5 Å². The fourth-order valence-electron chi connectivity index (χ4n) is 4.94. The van der Waals surface area contributed by atoms with E-state index in [1.165, 1.54) is 10.9 Å². The molecule has 208 valence electrons. The van der Waals surface area contributed by atoms with E-state index in [1.807, 2.05) is 32.0 Å². The molecule has 5 aromatic rings. The van der Waals surface area contributed by atoms with Crippen molar-refractivity contribution in [3.8, 4) is 17.4 Å². The van der Waals surface area contributed by atoms with E-state index >= 15 is 0 Å². The van der Waals surface area contributed by atoms with Crippen LogP contribution in [0.3, 0.4) is 0 Å². The number of hydrogen-bond donors (Lipinski definition) is 2. The first kappa shape index (κ1) is 26.0. The van der Waals surface area contributed by atoms with Crippen LogP contribution in [-0.4, -0.2) is 55.0 Å². The zero-order valence-corrected chi connectivity index (χ0v) is 23.0. The first-order chi connectivity index (χ1) is 19.7. The molecular formula is C29H28N8O4. The SMILES string of the molecule is COc1cccc(N2CC(C(=O)Nc3cc(C)nn3-c3nc4c(cnn4-c4ccc(C)c(C)c4)c(=O)[nH]3)CC2=O)c1. The van der Waals surface area contributed by atoms with Crippen molar-refractivity contribution in [3.63, 3.8) is 0 Å². The number of hydrogen-bond acceptors (Lipinski definition) is 7. The number of benzene rings is 2. The molecule has 1 unspecified atom stereocenters. The Hall–Kier alpha value is -5.26. The van der Waals surface area contributed by atoms with Crippen LogP contribution in [0.5, 0.6) is 5.75 Å². The van der Waals surface area contributed by atoms with Crippen molar-refractivity contribution in [2.45, 2.75) is 27.2 Å². The summed E-state index contributed by atoms with van der Waals surface area (Å²) in [5.74, 6) is -0.0119. The summed E-state index contributed by atoms with van der Waals surface area (Å²) in [4.78, 5) is 48.1. The third kappa shape index (κ3) is 4.73. The lowest BCUT2D eigenvalue weighted by Crippen LogP contribution is -2.29. The molecule has 2 aromatic carbocycles. The molecule has 2 N–H and O–H groups in total. The molecule has 12 heteroatoms. The average molecular weight is 553 g/mol. The third-order valence-electron chi connectivity index (χ3n) is 7.30. The van der Waals surface area contributed by atoms with E-state index < -0.39 is 5.92 Å². The van der Waals surface area contributed by atoms with E-state index in [2.05, 4.69) is 25.5 Å². The van der Waals surface area contributed by atoms with Gasteiger partial charge in [-0.15, -0.1) is 0 Å². The van der Waals surface area contributed by atoms with Gasteiger partial charge in [0.05, 0.1) is 30.6 Å². The molecule has 3 aromatic heterocycles. The number of H-pyrrole nitrogens is 1. The lowest BCUT2D eigenvalue weighted by Gasteiger charge is -2.17. The van der Waals surface area contributed by atoms with Gasteiger partial charge in [0.25, 0.3) is 5.56 Å². The number of nitrogens with zero attached hydrogens (tertiary/aromatic N) is 6. The maximum Gasteiger partial charge on any atom is 0.263 e. The minimum absolute atomic E-state index is 0.0619. The van der Waals surface area contributed by atoms with Gasteiger partial charge >= 0.3 is 0 Å². The van der Waals surface area contributed by atoms with Gasteiger partial charge in [-0.2, -0.15) is 19.9 Å². The molecule has 0 saturated carbocycles. The number of rotatable bonds is 6. The average Bonchev–Trinajstić information content (AvgIpc) is 3.67. The summed E-state index contributed by atoms with van der Waals surface area (Å²) in [5, 5.41) is 12.1. The Bertz CT molecular complexity index is 1890. The Morgan fingerprint density at radius 2 is 1.85 bits per heavy atom. The number of ether oxygens (including phenoxy) is 1. The van der Waals surface area contributed by atoms with Gasteiger partial charge in [0.2, 0.25) is 17.8 Å². The second-order valence-electron chi connectivity index (χ2n) is 10.1. The molecule has 0 aliphatic carbocycles. The first-order valence-corrected chi connectivity index (χ1v) is 13.1. The van der Waals surface area contributed by atoms with Crippen molar-refractivity contribution in [1.29, 1.82) is 0 Å². The molecule has 1 aliphatic rings. The van der Waals surface area contributed by atoms with E-state index in [4.69, 9.17) is 4.74 Å². The van der Waals surface area contributed by atoms with E-state index in [0.717, 1.165) is 16.8 Å². The predicted octanol–water partition coefficient (Wildman–Crippen LogP) is 3.22. The van der Waals surface area contributed by atoms with E-state index in [1.54, 1.807) is 53.9 Å². The van der Waals surface area contributed by atoms with Gasteiger partial charge in [0.1, 0.15) is 17.0 Å². The number of fused-ring (bicyclic) bond motifs is 1. The summed E-state index contributed by atoms with van der Waals surface area (Å²) >= 11 is 0. The largest absolute Gasteiger partial charge is 0.497 e. The zero-order valence-electron chi connectivity index (χ0n) is 23.0. The summed E-state index contributed by atoms with van der Waals surface area (Å²) in [6.07, 6.45) is 1.54. The van der Waals surface area contributed by atoms with Gasteiger partial charge in [-0.25, -0.2) is 4.68 Å². The lowest BCUT2D eigenvalue weighted by atomic mass is 10.1. The third-order valence-corrected chi connectivity index (χ3v) is 7.30. The standard InChI is InChI=1S/C29H28N8O4/c1-16-8-9-21(10-17(16)2)36-26-23(14-30-36)28(40)33-29(32-26)37-24(11-18(3)34-37)31-27(39)19-12-25(38)35(15-19)20-6-5-7-22(13-20)41-4/h5-11,13-14,19H,12,15H2,1-4H3,(H,31,39)(H,32,33,40). The second-order valence-corrected chi connectivity index (χ2v) is 10.1. The summed E-state index contributed by atoms with van der Waals surface area (Å²) in [6.45, 7) is 6.02. The molecule has 1 saturated heterocycles. The molecule has 41 heavy (non-hydrogen) atoms. The van der Waals surface area contributed by atoms with Crippen LogP contribution in [-0.2, 0) is 9.59 Å². The van der Waals surface area contributed by atoms with Gasteiger partial charge in [-0.3, -0.25) is 19.4 Å². The van der Waals surface area contributed by atoms with Crippen molar-refractivity contribution in [2.24, 2.45) is 5.92 Å². The van der Waals surface area contributed by atoms with Crippen LogP contribution in [0.2, 0.25) is 0 Å². The number of methoxy groups -OCH3 is 1. The predicted molar refractivity (Wildman–Crippen MR) is 153 cm³/mol. The second kappa shape index (κ2) is 10.0. The number of nitrogens with one attached hydrogen (secondary N) is 2. The molecule has 1 aliphatic heterocycles. The van der Waals surface area contributed by atoms with Crippen LogP contribution in [0.15, 0.2) is 59.5 Å². The smallest absolute Gasteiger partial charge is 0.263 e.